The molecule has 1 amide bonds. The number of carbonyl (C=O) groups is 1. The van der Waals surface area contributed by atoms with Gasteiger partial charge in [-0.15, -0.1) is 0 Å². The van der Waals surface area contributed by atoms with Crippen molar-refractivity contribution in [2.24, 2.45) is 0 Å². The summed E-state index contributed by atoms with van der Waals surface area (Å²) in [6, 6.07) is 8.46. The minimum Gasteiger partial charge on any atom is -0.350 e. The van der Waals surface area contributed by atoms with E-state index in [0.29, 0.717) is 6.42 Å². The van der Waals surface area contributed by atoms with Crippen LogP contribution in [0.15, 0.2) is 43.0 Å². The zero-order valence-electron chi connectivity index (χ0n) is 11.7. The first-order valence-electron chi connectivity index (χ1n) is 7.09. The molecule has 3 rings (SSSR count). The van der Waals surface area contributed by atoms with Gasteiger partial charge in [-0.3, -0.25) is 4.79 Å². The molecular weight excluding hydrogens is 250 g/mol. The van der Waals surface area contributed by atoms with Gasteiger partial charge in [0.15, 0.2) is 0 Å². The first-order chi connectivity index (χ1) is 9.71. The highest BCUT2D eigenvalue weighted by Crippen LogP contribution is 2.28. The van der Waals surface area contributed by atoms with Crippen molar-refractivity contribution < 1.29 is 4.79 Å². The van der Waals surface area contributed by atoms with Gasteiger partial charge >= 0.3 is 0 Å². The summed E-state index contributed by atoms with van der Waals surface area (Å²) in [5.74, 6) is 0.182. The van der Waals surface area contributed by atoms with Crippen LogP contribution in [-0.4, -0.2) is 21.0 Å². The Morgan fingerprint density at radius 3 is 2.70 bits per heavy atom. The zero-order chi connectivity index (χ0) is 14.0. The summed E-state index contributed by atoms with van der Waals surface area (Å²) in [6.45, 7) is 2.14. The monoisotopic (exact) mass is 269 g/mol. The molecule has 0 spiro atoms. The van der Waals surface area contributed by atoms with E-state index in [9.17, 15) is 4.79 Å². The van der Waals surface area contributed by atoms with Crippen molar-refractivity contribution in [2.75, 3.05) is 0 Å². The van der Waals surface area contributed by atoms with Gasteiger partial charge in [-0.25, -0.2) is 4.98 Å². The van der Waals surface area contributed by atoms with Crippen molar-refractivity contribution in [3.63, 3.8) is 0 Å². The van der Waals surface area contributed by atoms with Crippen molar-refractivity contribution in [2.45, 2.75) is 38.1 Å². The van der Waals surface area contributed by atoms with Crippen LogP contribution in [-0.2, 0) is 11.2 Å². The largest absolute Gasteiger partial charge is 0.350 e. The number of carbonyl (C=O) groups excluding carboxylic acids is 1. The van der Waals surface area contributed by atoms with E-state index in [1.165, 1.54) is 5.56 Å². The Morgan fingerprint density at radius 1 is 1.35 bits per heavy atom. The standard InChI is InChI=1S/C16H19N3O/c1-2-16(8-7-15(20)18-16)11-13-3-5-14(6-4-13)19-10-9-17-12-19/h3-6,9-10,12H,2,7-8,11H2,1H3,(H,18,20). The molecule has 0 bridgehead atoms. The molecule has 4 nitrogen and oxygen atoms in total. The quantitative estimate of drug-likeness (QED) is 0.927. The minimum absolute atomic E-state index is 0.0480. The maximum atomic E-state index is 11.5. The highest BCUT2D eigenvalue weighted by Gasteiger charge is 2.35. The van der Waals surface area contributed by atoms with Gasteiger partial charge in [0.05, 0.1) is 6.33 Å². The lowest BCUT2D eigenvalue weighted by Gasteiger charge is -2.28. The van der Waals surface area contributed by atoms with Gasteiger partial charge in [0.25, 0.3) is 0 Å². The number of hydrogen-bond donors (Lipinski definition) is 1. The molecule has 1 saturated heterocycles. The second-order valence-electron chi connectivity index (χ2n) is 5.50. The van der Waals surface area contributed by atoms with Gasteiger partial charge in [0, 0.05) is 30.0 Å². The Kier molecular flexibility index (Phi) is 3.30. The van der Waals surface area contributed by atoms with Crippen LogP contribution in [0.25, 0.3) is 5.69 Å². The van der Waals surface area contributed by atoms with E-state index < -0.39 is 0 Å². The minimum atomic E-state index is -0.0480. The highest BCUT2D eigenvalue weighted by atomic mass is 16.2. The average molecular weight is 269 g/mol. The van der Waals surface area contributed by atoms with Crippen molar-refractivity contribution in [3.05, 3.63) is 48.5 Å². The number of aromatic nitrogens is 2. The Bertz CT molecular complexity index is 589. The van der Waals surface area contributed by atoms with E-state index in [-0.39, 0.29) is 11.4 Å². The molecule has 1 N–H and O–H groups in total. The average Bonchev–Trinajstić information content (AvgIpc) is 3.10. The molecule has 1 aliphatic rings. The summed E-state index contributed by atoms with van der Waals surface area (Å²) in [5, 5.41) is 3.15. The van der Waals surface area contributed by atoms with Crippen LogP contribution in [0.5, 0.6) is 0 Å². The number of amides is 1. The molecule has 2 heterocycles. The molecule has 1 unspecified atom stereocenters. The van der Waals surface area contributed by atoms with Crippen LogP contribution in [0, 0.1) is 0 Å². The van der Waals surface area contributed by atoms with Gasteiger partial charge in [-0.2, -0.15) is 0 Å². The topological polar surface area (TPSA) is 46.9 Å². The third-order valence-electron chi connectivity index (χ3n) is 4.19. The Hall–Kier alpha value is -2.10. The van der Waals surface area contributed by atoms with Crippen molar-refractivity contribution in [1.29, 1.82) is 0 Å². The maximum Gasteiger partial charge on any atom is 0.220 e. The molecular formula is C16H19N3O. The van der Waals surface area contributed by atoms with Crippen molar-refractivity contribution in [3.8, 4) is 5.69 Å². The van der Waals surface area contributed by atoms with E-state index in [1.807, 2.05) is 10.8 Å². The number of rotatable bonds is 4. The highest BCUT2D eigenvalue weighted by molar-refractivity contribution is 5.79. The molecule has 1 aromatic carbocycles. The van der Waals surface area contributed by atoms with Crippen LogP contribution in [0.4, 0.5) is 0 Å². The van der Waals surface area contributed by atoms with Crippen LogP contribution in [0.1, 0.15) is 31.7 Å². The number of nitrogens with zero attached hydrogens (tertiary/aromatic N) is 2. The van der Waals surface area contributed by atoms with Crippen molar-refractivity contribution in [1.82, 2.24) is 14.9 Å². The summed E-state index contributed by atoms with van der Waals surface area (Å²) in [4.78, 5) is 15.5. The lowest BCUT2D eigenvalue weighted by atomic mass is 9.87. The molecule has 0 aliphatic carbocycles. The van der Waals surface area contributed by atoms with Gasteiger partial charge in [-0.05, 0) is 37.0 Å². The van der Waals surface area contributed by atoms with Gasteiger partial charge < -0.3 is 9.88 Å². The van der Waals surface area contributed by atoms with Gasteiger partial charge in [-0.1, -0.05) is 19.1 Å². The molecule has 20 heavy (non-hydrogen) atoms. The maximum absolute atomic E-state index is 11.5. The summed E-state index contributed by atoms with van der Waals surface area (Å²) in [5.41, 5.74) is 2.32. The second-order valence-corrected chi connectivity index (χ2v) is 5.50. The first kappa shape index (κ1) is 12.9. The molecule has 0 radical (unpaired) electrons. The summed E-state index contributed by atoms with van der Waals surface area (Å²) >= 11 is 0. The van der Waals surface area contributed by atoms with Gasteiger partial charge in [0.2, 0.25) is 5.91 Å². The fourth-order valence-electron chi connectivity index (χ4n) is 2.88. The van der Waals surface area contributed by atoms with E-state index in [0.717, 1.165) is 24.9 Å². The predicted octanol–water partition coefficient (Wildman–Crippen LogP) is 2.47. The van der Waals surface area contributed by atoms with Crippen LogP contribution in [0.3, 0.4) is 0 Å². The molecule has 4 heteroatoms. The lowest BCUT2D eigenvalue weighted by Crippen LogP contribution is -2.42. The predicted molar refractivity (Wildman–Crippen MR) is 77.7 cm³/mol. The molecule has 0 saturated carbocycles. The number of benzene rings is 1. The third kappa shape index (κ3) is 2.46. The summed E-state index contributed by atoms with van der Waals surface area (Å²) < 4.78 is 1.98. The molecule has 1 atom stereocenters. The van der Waals surface area contributed by atoms with Gasteiger partial charge in [0.1, 0.15) is 0 Å². The normalized spacial score (nSPS) is 21.9. The molecule has 1 aliphatic heterocycles. The van der Waals surface area contributed by atoms with Crippen LogP contribution < -0.4 is 5.32 Å². The Labute approximate surface area is 118 Å². The van der Waals surface area contributed by atoms with E-state index in [1.54, 1.807) is 12.5 Å². The van der Waals surface area contributed by atoms with Crippen LogP contribution >= 0.6 is 0 Å². The smallest absolute Gasteiger partial charge is 0.220 e. The molecule has 1 fully saturated rings. The first-order valence-corrected chi connectivity index (χ1v) is 7.09. The zero-order valence-corrected chi connectivity index (χ0v) is 11.7. The Morgan fingerprint density at radius 2 is 2.15 bits per heavy atom. The van der Waals surface area contributed by atoms with E-state index >= 15 is 0 Å². The molecule has 2 aromatic rings. The van der Waals surface area contributed by atoms with Crippen molar-refractivity contribution >= 4 is 5.91 Å². The SMILES string of the molecule is CCC1(Cc2ccc(-n3ccnc3)cc2)CCC(=O)N1. The fraction of sp³-hybridized carbons (Fsp3) is 0.375. The molecule has 104 valence electrons. The fourth-order valence-corrected chi connectivity index (χ4v) is 2.88. The number of imidazole rings is 1. The third-order valence-corrected chi connectivity index (χ3v) is 4.19. The van der Waals surface area contributed by atoms with E-state index in [4.69, 9.17) is 0 Å². The summed E-state index contributed by atoms with van der Waals surface area (Å²) in [7, 11) is 0. The number of hydrogen-bond acceptors (Lipinski definition) is 2. The molecule has 1 aromatic heterocycles. The lowest BCUT2D eigenvalue weighted by molar-refractivity contribution is -0.119. The second kappa shape index (κ2) is 5.12. The summed E-state index contributed by atoms with van der Waals surface area (Å²) in [6.07, 6.45) is 8.96. The Balaban J connectivity index is 1.76. The number of nitrogens with one attached hydrogen (secondary N) is 1. The van der Waals surface area contributed by atoms with Crippen LogP contribution in [0.2, 0.25) is 0 Å². The van der Waals surface area contributed by atoms with E-state index in [2.05, 4.69) is 41.5 Å².